The van der Waals surface area contributed by atoms with Gasteiger partial charge in [0.15, 0.2) is 0 Å². The van der Waals surface area contributed by atoms with Crippen LogP contribution in [0.5, 0.6) is 0 Å². The van der Waals surface area contributed by atoms with Gasteiger partial charge in [-0.3, -0.25) is 15.1 Å². The van der Waals surface area contributed by atoms with Gasteiger partial charge in [-0.25, -0.2) is 0 Å². The molecule has 1 atom stereocenters. The van der Waals surface area contributed by atoms with E-state index in [0.29, 0.717) is 23.4 Å². The molecule has 0 spiro atoms. The van der Waals surface area contributed by atoms with E-state index in [0.717, 1.165) is 0 Å². The molecule has 1 unspecified atom stereocenters. The number of rotatable bonds is 5. The zero-order valence-corrected chi connectivity index (χ0v) is 12.0. The standard InChI is InChI=1S/C13H21N3O3/c1-8-6-14-11(9(2)12(8)16(18)19)7-15-13(4,5)10(3)17/h6,10,15,17H,7H2,1-5H3. The summed E-state index contributed by atoms with van der Waals surface area (Å²) in [5, 5.41) is 23.8. The lowest BCUT2D eigenvalue weighted by Crippen LogP contribution is -2.47. The third-order valence-corrected chi connectivity index (χ3v) is 3.51. The smallest absolute Gasteiger partial charge is 0.278 e. The quantitative estimate of drug-likeness (QED) is 0.628. The Kier molecular flexibility index (Phi) is 4.60. The molecule has 0 bridgehead atoms. The summed E-state index contributed by atoms with van der Waals surface area (Å²) in [7, 11) is 0. The second-order valence-electron chi connectivity index (χ2n) is 5.37. The highest BCUT2D eigenvalue weighted by Gasteiger charge is 2.25. The van der Waals surface area contributed by atoms with Crippen molar-refractivity contribution in [1.82, 2.24) is 10.3 Å². The maximum Gasteiger partial charge on any atom is 0.278 e. The number of nitrogens with one attached hydrogen (secondary N) is 1. The number of aryl methyl sites for hydroxylation is 1. The van der Waals surface area contributed by atoms with Crippen LogP contribution in [0.15, 0.2) is 6.20 Å². The molecule has 0 radical (unpaired) electrons. The number of aliphatic hydroxyl groups is 1. The Hall–Kier alpha value is -1.53. The van der Waals surface area contributed by atoms with Gasteiger partial charge in [0, 0.05) is 29.4 Å². The van der Waals surface area contributed by atoms with Gasteiger partial charge in [-0.05, 0) is 34.6 Å². The summed E-state index contributed by atoms with van der Waals surface area (Å²) in [6, 6.07) is 0. The predicted octanol–water partition coefficient (Wildman–Crippen LogP) is 1.86. The van der Waals surface area contributed by atoms with Crippen LogP contribution in [-0.2, 0) is 6.54 Å². The first-order chi connectivity index (χ1) is 8.66. The zero-order valence-electron chi connectivity index (χ0n) is 12.0. The topological polar surface area (TPSA) is 88.3 Å². The summed E-state index contributed by atoms with van der Waals surface area (Å²) < 4.78 is 0. The maximum absolute atomic E-state index is 11.0. The molecule has 1 aromatic heterocycles. The highest BCUT2D eigenvalue weighted by Crippen LogP contribution is 2.24. The molecule has 0 amide bonds. The third-order valence-electron chi connectivity index (χ3n) is 3.51. The van der Waals surface area contributed by atoms with Crippen LogP contribution >= 0.6 is 0 Å². The number of hydrogen-bond acceptors (Lipinski definition) is 5. The normalized spacial score (nSPS) is 13.4. The van der Waals surface area contributed by atoms with Gasteiger partial charge in [-0.1, -0.05) is 0 Å². The zero-order chi connectivity index (χ0) is 14.8. The summed E-state index contributed by atoms with van der Waals surface area (Å²) in [5.41, 5.74) is 1.39. The lowest BCUT2D eigenvalue weighted by molar-refractivity contribution is -0.386. The molecule has 2 N–H and O–H groups in total. The second-order valence-corrected chi connectivity index (χ2v) is 5.37. The van der Waals surface area contributed by atoms with E-state index in [1.165, 1.54) is 6.20 Å². The summed E-state index contributed by atoms with van der Waals surface area (Å²) in [5.74, 6) is 0. The van der Waals surface area contributed by atoms with Crippen molar-refractivity contribution in [3.05, 3.63) is 33.1 Å². The van der Waals surface area contributed by atoms with Crippen LogP contribution < -0.4 is 5.32 Å². The Morgan fingerprint density at radius 1 is 1.53 bits per heavy atom. The van der Waals surface area contributed by atoms with Crippen molar-refractivity contribution >= 4 is 5.69 Å². The lowest BCUT2D eigenvalue weighted by Gasteiger charge is -2.29. The molecule has 0 aliphatic heterocycles. The summed E-state index contributed by atoms with van der Waals surface area (Å²) in [6.07, 6.45) is 0.977. The van der Waals surface area contributed by atoms with Crippen LogP contribution in [0.2, 0.25) is 0 Å². The number of pyridine rings is 1. The Balaban J connectivity index is 2.98. The molecule has 6 heteroatoms. The van der Waals surface area contributed by atoms with E-state index in [1.807, 2.05) is 13.8 Å². The molecule has 0 aliphatic carbocycles. The average molecular weight is 267 g/mol. The van der Waals surface area contributed by atoms with Crippen LogP contribution in [0, 0.1) is 24.0 Å². The van der Waals surface area contributed by atoms with Gasteiger partial charge in [-0.2, -0.15) is 0 Å². The summed E-state index contributed by atoms with van der Waals surface area (Å²) in [6.45, 7) is 9.19. The molecule has 0 fully saturated rings. The van der Waals surface area contributed by atoms with Crippen molar-refractivity contribution < 1.29 is 10.0 Å². The molecule has 0 aliphatic rings. The van der Waals surface area contributed by atoms with Crippen molar-refractivity contribution in [3.63, 3.8) is 0 Å². The Bertz CT molecular complexity index is 484. The van der Waals surface area contributed by atoms with Gasteiger partial charge in [0.2, 0.25) is 0 Å². The molecule has 19 heavy (non-hydrogen) atoms. The van der Waals surface area contributed by atoms with Crippen LogP contribution in [0.25, 0.3) is 0 Å². The first kappa shape index (κ1) is 15.5. The Morgan fingerprint density at radius 3 is 2.58 bits per heavy atom. The molecule has 106 valence electrons. The maximum atomic E-state index is 11.0. The van der Waals surface area contributed by atoms with E-state index in [-0.39, 0.29) is 10.6 Å². The minimum Gasteiger partial charge on any atom is -0.392 e. The largest absolute Gasteiger partial charge is 0.392 e. The first-order valence-electron chi connectivity index (χ1n) is 6.19. The SMILES string of the molecule is Cc1cnc(CNC(C)(C)C(C)O)c(C)c1[N+](=O)[O-]. The molecule has 0 saturated carbocycles. The van der Waals surface area contributed by atoms with Gasteiger partial charge in [0.1, 0.15) is 0 Å². The fraction of sp³-hybridized carbons (Fsp3) is 0.615. The van der Waals surface area contributed by atoms with Crippen molar-refractivity contribution in [3.8, 4) is 0 Å². The van der Waals surface area contributed by atoms with E-state index in [2.05, 4.69) is 10.3 Å². The van der Waals surface area contributed by atoms with Gasteiger partial charge in [-0.15, -0.1) is 0 Å². The monoisotopic (exact) mass is 267 g/mol. The molecule has 1 rings (SSSR count). The number of nitrogens with zero attached hydrogens (tertiary/aromatic N) is 2. The highest BCUT2D eigenvalue weighted by atomic mass is 16.6. The van der Waals surface area contributed by atoms with E-state index in [4.69, 9.17) is 0 Å². The minimum atomic E-state index is -0.534. The number of hydrogen-bond donors (Lipinski definition) is 2. The van der Waals surface area contributed by atoms with Crippen LogP contribution in [0.1, 0.15) is 37.6 Å². The predicted molar refractivity (Wildman–Crippen MR) is 73.0 cm³/mol. The Labute approximate surface area is 113 Å². The molecule has 1 heterocycles. The van der Waals surface area contributed by atoms with Crippen molar-refractivity contribution in [1.29, 1.82) is 0 Å². The Morgan fingerprint density at radius 2 is 2.11 bits per heavy atom. The molecular weight excluding hydrogens is 246 g/mol. The van der Waals surface area contributed by atoms with Crippen molar-refractivity contribution in [2.45, 2.75) is 52.8 Å². The van der Waals surface area contributed by atoms with Gasteiger partial charge < -0.3 is 10.4 Å². The van der Waals surface area contributed by atoms with Gasteiger partial charge >= 0.3 is 0 Å². The van der Waals surface area contributed by atoms with E-state index in [1.54, 1.807) is 20.8 Å². The third kappa shape index (κ3) is 3.48. The van der Waals surface area contributed by atoms with Crippen molar-refractivity contribution in [2.24, 2.45) is 0 Å². The molecule has 0 aromatic carbocycles. The van der Waals surface area contributed by atoms with E-state index < -0.39 is 11.6 Å². The fourth-order valence-electron chi connectivity index (χ4n) is 1.68. The van der Waals surface area contributed by atoms with E-state index in [9.17, 15) is 15.2 Å². The fourth-order valence-corrected chi connectivity index (χ4v) is 1.68. The van der Waals surface area contributed by atoms with Gasteiger partial charge in [0.25, 0.3) is 5.69 Å². The number of aromatic nitrogens is 1. The highest BCUT2D eigenvalue weighted by molar-refractivity contribution is 5.47. The second kappa shape index (κ2) is 5.63. The first-order valence-corrected chi connectivity index (χ1v) is 6.19. The van der Waals surface area contributed by atoms with Crippen LogP contribution in [-0.4, -0.2) is 26.7 Å². The molecular formula is C13H21N3O3. The molecule has 1 aromatic rings. The number of aliphatic hydroxyl groups excluding tert-OH is 1. The summed E-state index contributed by atoms with van der Waals surface area (Å²) >= 11 is 0. The summed E-state index contributed by atoms with van der Waals surface area (Å²) in [4.78, 5) is 14.9. The average Bonchev–Trinajstić information content (AvgIpc) is 2.27. The van der Waals surface area contributed by atoms with Gasteiger partial charge in [0.05, 0.1) is 16.7 Å². The number of nitro groups is 1. The van der Waals surface area contributed by atoms with Crippen LogP contribution in [0.4, 0.5) is 5.69 Å². The molecule has 0 saturated heterocycles. The van der Waals surface area contributed by atoms with Crippen LogP contribution in [0.3, 0.4) is 0 Å². The molecule has 6 nitrogen and oxygen atoms in total. The van der Waals surface area contributed by atoms with E-state index >= 15 is 0 Å². The van der Waals surface area contributed by atoms with Crippen molar-refractivity contribution in [2.75, 3.05) is 0 Å². The minimum absolute atomic E-state index is 0.113. The lowest BCUT2D eigenvalue weighted by atomic mass is 9.98.